The van der Waals surface area contributed by atoms with Gasteiger partial charge >= 0.3 is 5.97 Å². The van der Waals surface area contributed by atoms with Crippen LogP contribution in [-0.2, 0) is 38.3 Å². The van der Waals surface area contributed by atoms with Crippen LogP contribution in [0.4, 0.5) is 0 Å². The maximum atomic E-state index is 13.3. The molecule has 1 fully saturated rings. The minimum absolute atomic E-state index is 0.0584. The molecule has 13 heteroatoms. The number of aliphatic hydroxyl groups is 1. The number of amides is 1. The molecule has 39 heavy (non-hydrogen) atoms. The number of carboxylic acid groups (broad SMARTS) is 1. The molecule has 1 amide bonds. The number of ether oxygens (including phenoxy) is 1. The highest BCUT2D eigenvalue weighted by molar-refractivity contribution is 7.82. The molecule has 0 spiro atoms. The zero-order valence-corrected chi connectivity index (χ0v) is 23.3. The van der Waals surface area contributed by atoms with E-state index in [1.165, 1.54) is 9.21 Å². The van der Waals surface area contributed by atoms with Crippen molar-refractivity contribution in [2.45, 2.75) is 43.7 Å². The molecule has 1 aliphatic heterocycles. The smallest absolute Gasteiger partial charge is 0.327 e. The summed E-state index contributed by atoms with van der Waals surface area (Å²) in [4.78, 5) is 31.2. The first-order valence-corrected chi connectivity index (χ1v) is 14.0. The van der Waals surface area contributed by atoms with E-state index < -0.39 is 35.2 Å². The highest BCUT2D eigenvalue weighted by Gasteiger charge is 2.39. The first-order chi connectivity index (χ1) is 18.6. The number of piperazine rings is 1. The van der Waals surface area contributed by atoms with E-state index in [0.29, 0.717) is 40.6 Å². The van der Waals surface area contributed by atoms with E-state index >= 15 is 0 Å². The fourth-order valence-electron chi connectivity index (χ4n) is 4.60. The molecule has 0 bridgehead atoms. The fourth-order valence-corrected chi connectivity index (χ4v) is 6.04. The number of aryl methyl sites for hydroxylation is 1. The predicted octanol–water partition coefficient (Wildman–Crippen LogP) is 1.97. The highest BCUT2D eigenvalue weighted by Crippen LogP contribution is 2.28. The van der Waals surface area contributed by atoms with Gasteiger partial charge < -0.3 is 29.7 Å². The lowest BCUT2D eigenvalue weighted by molar-refractivity contribution is -0.154. The lowest BCUT2D eigenvalue weighted by atomic mass is 10.1. The lowest BCUT2D eigenvalue weighted by Crippen LogP contribution is -2.59. The highest BCUT2D eigenvalue weighted by atomic mass is 35.5. The number of halogens is 1. The van der Waals surface area contributed by atoms with Crippen LogP contribution in [0.15, 0.2) is 40.4 Å². The van der Waals surface area contributed by atoms with Crippen molar-refractivity contribution in [2.75, 3.05) is 33.3 Å². The number of amidine groups is 1. The minimum Gasteiger partial charge on any atom is -0.480 e. The molecule has 11 nitrogen and oxygen atoms in total. The Hall–Kier alpha value is -3.03. The van der Waals surface area contributed by atoms with Crippen LogP contribution in [-0.4, -0.2) is 96.8 Å². The summed E-state index contributed by atoms with van der Waals surface area (Å²) >= 11 is 6.12. The Kier molecular flexibility index (Phi) is 9.23. The van der Waals surface area contributed by atoms with E-state index in [0.717, 1.165) is 11.3 Å². The Bertz CT molecular complexity index is 1300. The summed E-state index contributed by atoms with van der Waals surface area (Å²) < 4.78 is 19.8. The van der Waals surface area contributed by atoms with Crippen LogP contribution in [0.3, 0.4) is 0 Å². The number of nitrogens with one attached hydrogen (secondary N) is 2. The number of aromatic nitrogens is 1. The van der Waals surface area contributed by atoms with E-state index in [-0.39, 0.29) is 32.0 Å². The van der Waals surface area contributed by atoms with Crippen molar-refractivity contribution in [3.05, 3.63) is 57.7 Å². The largest absolute Gasteiger partial charge is 0.480 e. The molecule has 2 heterocycles. The summed E-state index contributed by atoms with van der Waals surface area (Å²) in [5.41, 5.74) is 3.05. The number of aliphatic carboxylic acids is 1. The molecule has 3 unspecified atom stereocenters. The molecule has 2 aliphatic rings. The van der Waals surface area contributed by atoms with Crippen molar-refractivity contribution >= 4 is 46.4 Å². The number of aliphatic hydroxyl groups excluding tert-OH is 1. The van der Waals surface area contributed by atoms with Crippen LogP contribution in [0.5, 0.6) is 0 Å². The molecule has 2 aromatic rings. The second-order valence-electron chi connectivity index (χ2n) is 9.44. The number of hydrogen-bond acceptors (Lipinski definition) is 6. The van der Waals surface area contributed by atoms with Gasteiger partial charge in [-0.15, -0.1) is 0 Å². The van der Waals surface area contributed by atoms with Gasteiger partial charge in [-0.25, -0.2) is 13.3 Å². The van der Waals surface area contributed by atoms with E-state index in [9.17, 15) is 24.0 Å². The van der Waals surface area contributed by atoms with Crippen molar-refractivity contribution in [1.82, 2.24) is 19.1 Å². The molecular weight excluding hydrogens is 546 g/mol. The third-order valence-electron chi connectivity index (χ3n) is 6.68. The summed E-state index contributed by atoms with van der Waals surface area (Å²) in [5, 5.41) is 29.2. The van der Waals surface area contributed by atoms with Crippen LogP contribution in [0.2, 0.25) is 0 Å². The van der Waals surface area contributed by atoms with Crippen molar-refractivity contribution in [1.29, 1.82) is 5.41 Å². The van der Waals surface area contributed by atoms with Gasteiger partial charge in [0, 0.05) is 43.0 Å². The molecule has 1 aromatic carbocycles. The molecule has 4 rings (SSSR count). The number of H-pyrrole nitrogens is 1. The van der Waals surface area contributed by atoms with Crippen LogP contribution >= 0.6 is 11.6 Å². The third kappa shape index (κ3) is 6.76. The first-order valence-electron chi connectivity index (χ1n) is 12.5. The normalized spacial score (nSPS) is 19.3. The molecular formula is C26H32ClN5O6S. The molecule has 210 valence electrons. The number of allylic oxidation sites excluding steroid dienone is 1. The maximum Gasteiger partial charge on any atom is 0.327 e. The molecule has 0 radical (unpaired) electrons. The summed E-state index contributed by atoms with van der Waals surface area (Å²) in [6.45, 7) is 2.04. The van der Waals surface area contributed by atoms with Gasteiger partial charge in [0.2, 0.25) is 5.91 Å². The molecule has 3 atom stereocenters. The summed E-state index contributed by atoms with van der Waals surface area (Å²) in [6, 6.07) is 7.43. The van der Waals surface area contributed by atoms with Gasteiger partial charge in [0.05, 0.1) is 13.1 Å². The Morgan fingerprint density at radius 2 is 2.05 bits per heavy atom. The second-order valence-corrected chi connectivity index (χ2v) is 11.4. The van der Waals surface area contributed by atoms with Gasteiger partial charge in [0.25, 0.3) is 0 Å². The van der Waals surface area contributed by atoms with E-state index in [2.05, 4.69) is 4.98 Å². The molecule has 1 saturated heterocycles. The number of fused-ring (bicyclic) bond motifs is 1. The van der Waals surface area contributed by atoms with Crippen LogP contribution < -0.4 is 0 Å². The van der Waals surface area contributed by atoms with Gasteiger partial charge in [0.1, 0.15) is 27.9 Å². The van der Waals surface area contributed by atoms with Gasteiger partial charge in [-0.1, -0.05) is 35.9 Å². The Balaban J connectivity index is 1.42. The average Bonchev–Trinajstić information content (AvgIpc) is 3.32. The van der Waals surface area contributed by atoms with Crippen molar-refractivity contribution in [2.24, 2.45) is 0 Å². The van der Waals surface area contributed by atoms with Crippen LogP contribution in [0.1, 0.15) is 35.7 Å². The standard InChI is InChI=1S/C26H32ClN5O6S/c1-3-38-24(34)15-30(2)25(28)17-6-4-16(5-7-17)12-32-21(26(35)36)13-31(14-23(32)33)39(37)22-11-18-10-19(27)8-9-20(18)29-22/h4-7,10-11,21,24,28-29,34H,3,8-9,12-15H2,1-2H3,(H,35,36). The zero-order valence-electron chi connectivity index (χ0n) is 21.7. The minimum atomic E-state index is -1.74. The number of rotatable bonds is 10. The first kappa shape index (κ1) is 29.0. The molecule has 4 N–H and O–H groups in total. The fraction of sp³-hybridized carbons (Fsp3) is 0.423. The summed E-state index contributed by atoms with van der Waals surface area (Å²) in [7, 11) is -0.0717. The van der Waals surface area contributed by atoms with Gasteiger partial charge in [-0.2, -0.15) is 0 Å². The number of aromatic amines is 1. The monoisotopic (exact) mass is 577 g/mol. The lowest BCUT2D eigenvalue weighted by Gasteiger charge is -2.38. The SMILES string of the molecule is CCOC(O)CN(C)C(=N)c1ccc(CN2C(=O)CN(S(=O)c3cc4c([nH]3)CCC(Cl)=C4)CC2C(=O)O)cc1. The molecule has 0 saturated carbocycles. The summed E-state index contributed by atoms with van der Waals surface area (Å²) in [6.07, 6.45) is 2.19. The number of carbonyl (C=O) groups is 2. The Morgan fingerprint density at radius 1 is 1.33 bits per heavy atom. The maximum absolute atomic E-state index is 13.3. The van der Waals surface area contributed by atoms with Gasteiger partial charge in [-0.3, -0.25) is 10.2 Å². The number of carboxylic acids is 1. The van der Waals surface area contributed by atoms with Crippen molar-refractivity contribution < 1.29 is 28.7 Å². The van der Waals surface area contributed by atoms with Crippen LogP contribution in [0.25, 0.3) is 6.08 Å². The predicted molar refractivity (Wildman–Crippen MR) is 146 cm³/mol. The topological polar surface area (TPSA) is 150 Å². The zero-order chi connectivity index (χ0) is 28.3. The van der Waals surface area contributed by atoms with Crippen molar-refractivity contribution in [3.8, 4) is 0 Å². The van der Waals surface area contributed by atoms with E-state index in [4.69, 9.17) is 21.7 Å². The number of likely N-dealkylation sites (N-methyl/N-ethyl adjacent to an activating group) is 1. The van der Waals surface area contributed by atoms with Crippen LogP contribution in [0, 0.1) is 5.41 Å². The van der Waals surface area contributed by atoms with E-state index in [1.54, 1.807) is 49.2 Å². The number of carbonyl (C=O) groups excluding carboxylic acids is 1. The quantitative estimate of drug-likeness (QED) is 0.191. The number of hydrogen-bond donors (Lipinski definition) is 4. The van der Waals surface area contributed by atoms with Gasteiger partial charge in [-0.05, 0) is 43.0 Å². The van der Waals surface area contributed by atoms with E-state index in [1.807, 2.05) is 6.08 Å². The number of nitrogens with zero attached hydrogens (tertiary/aromatic N) is 3. The number of benzene rings is 1. The molecule has 1 aliphatic carbocycles. The third-order valence-corrected chi connectivity index (χ3v) is 8.32. The average molecular weight is 578 g/mol. The van der Waals surface area contributed by atoms with Crippen molar-refractivity contribution in [3.63, 3.8) is 0 Å². The van der Waals surface area contributed by atoms with Gasteiger partial charge in [0.15, 0.2) is 6.29 Å². The second kappa shape index (κ2) is 12.4. The summed E-state index contributed by atoms with van der Waals surface area (Å²) in [5.74, 6) is -1.44. The molecule has 1 aromatic heterocycles. The Morgan fingerprint density at radius 3 is 2.72 bits per heavy atom. The Labute approximate surface area is 234 Å².